The maximum absolute atomic E-state index is 7.39. The Hall–Kier alpha value is -3.99. The lowest BCUT2D eigenvalue weighted by molar-refractivity contribution is 0.736. The fourth-order valence-corrected chi connectivity index (χ4v) is 3.13. The third kappa shape index (κ3) is 3.10. The molecule has 0 spiro atoms. The van der Waals surface area contributed by atoms with Gasteiger partial charge in [0.05, 0.1) is 18.3 Å². The molecule has 3 N–H and O–H groups in total. The van der Waals surface area contributed by atoms with Gasteiger partial charge in [-0.2, -0.15) is 5.10 Å². The topological polar surface area (TPSA) is 98.4 Å². The number of rotatable bonds is 5. The second-order valence-electron chi connectivity index (χ2n) is 6.22. The monoisotopic (exact) mass is 370 g/mol. The van der Waals surface area contributed by atoms with Crippen molar-refractivity contribution >= 4 is 23.0 Å². The maximum Gasteiger partial charge on any atom is 0.268 e. The SMILES string of the molecule is [C-]#[N+]c1c(N)ncnc1N[C@@H](CC)c1cc2nccn2nc1-c1ccccc1. The molecule has 8 heteroatoms. The van der Waals surface area contributed by atoms with Gasteiger partial charge in [0.15, 0.2) is 5.65 Å². The van der Waals surface area contributed by atoms with E-state index in [9.17, 15) is 0 Å². The molecule has 0 aliphatic carbocycles. The number of nitrogens with two attached hydrogens (primary N) is 1. The Morgan fingerprint density at radius 2 is 2.04 bits per heavy atom. The first-order valence-electron chi connectivity index (χ1n) is 8.85. The molecule has 3 aromatic heterocycles. The minimum atomic E-state index is -0.140. The average molecular weight is 370 g/mol. The van der Waals surface area contributed by atoms with Gasteiger partial charge in [-0.05, 0) is 12.5 Å². The van der Waals surface area contributed by atoms with Crippen LogP contribution in [0.15, 0.2) is 55.1 Å². The summed E-state index contributed by atoms with van der Waals surface area (Å²) in [7, 11) is 0. The summed E-state index contributed by atoms with van der Waals surface area (Å²) in [5.74, 6) is 0.573. The molecule has 28 heavy (non-hydrogen) atoms. The quantitative estimate of drug-likeness (QED) is 0.517. The van der Waals surface area contributed by atoms with Gasteiger partial charge >= 0.3 is 0 Å². The van der Waals surface area contributed by atoms with Gasteiger partial charge in [0.1, 0.15) is 18.0 Å². The molecule has 0 unspecified atom stereocenters. The van der Waals surface area contributed by atoms with Crippen LogP contribution in [-0.2, 0) is 0 Å². The molecular weight excluding hydrogens is 352 g/mol. The Kier molecular flexibility index (Phi) is 4.56. The fraction of sp³-hybridized carbons (Fsp3) is 0.150. The van der Waals surface area contributed by atoms with Gasteiger partial charge in [0.2, 0.25) is 0 Å². The first-order chi connectivity index (χ1) is 13.7. The van der Waals surface area contributed by atoms with E-state index in [2.05, 4.69) is 32.0 Å². The Balaban J connectivity index is 1.84. The number of nitrogen functional groups attached to an aromatic ring is 1. The highest BCUT2D eigenvalue weighted by Crippen LogP contribution is 2.34. The minimum absolute atomic E-state index is 0.140. The van der Waals surface area contributed by atoms with Crippen LogP contribution in [0.4, 0.5) is 17.3 Å². The van der Waals surface area contributed by atoms with E-state index in [0.29, 0.717) is 5.82 Å². The van der Waals surface area contributed by atoms with Gasteiger partial charge in [0.25, 0.3) is 5.69 Å². The van der Waals surface area contributed by atoms with E-state index in [-0.39, 0.29) is 17.5 Å². The average Bonchev–Trinajstić information content (AvgIpc) is 3.19. The molecule has 4 rings (SSSR count). The van der Waals surface area contributed by atoms with Crippen molar-refractivity contribution < 1.29 is 0 Å². The zero-order chi connectivity index (χ0) is 19.5. The molecule has 4 aromatic rings. The van der Waals surface area contributed by atoms with Gasteiger partial charge in [-0.3, -0.25) is 0 Å². The molecule has 0 saturated heterocycles. The van der Waals surface area contributed by atoms with Crippen LogP contribution in [0.1, 0.15) is 24.9 Å². The number of imidazole rings is 1. The molecule has 1 aromatic carbocycles. The highest BCUT2D eigenvalue weighted by Gasteiger charge is 2.20. The number of aromatic nitrogens is 5. The van der Waals surface area contributed by atoms with Crippen molar-refractivity contribution in [3.63, 3.8) is 0 Å². The van der Waals surface area contributed by atoms with Gasteiger partial charge in [-0.15, -0.1) is 0 Å². The second-order valence-corrected chi connectivity index (χ2v) is 6.22. The summed E-state index contributed by atoms with van der Waals surface area (Å²) in [5.41, 5.74) is 9.63. The summed E-state index contributed by atoms with van der Waals surface area (Å²) in [6.45, 7) is 9.45. The number of nitrogens with zero attached hydrogens (tertiary/aromatic N) is 6. The van der Waals surface area contributed by atoms with Gasteiger partial charge in [-0.1, -0.05) is 37.3 Å². The lowest BCUT2D eigenvalue weighted by Crippen LogP contribution is -2.14. The number of fused-ring (bicyclic) bond motifs is 1. The fourth-order valence-electron chi connectivity index (χ4n) is 3.13. The van der Waals surface area contributed by atoms with Crippen LogP contribution in [-0.4, -0.2) is 24.6 Å². The van der Waals surface area contributed by atoms with E-state index in [0.717, 1.165) is 28.9 Å². The standard InChI is InChI=1S/C20H18N8/c1-3-15(26-20-18(22-2)19(21)24-12-25-20)14-11-16-23-9-10-28(16)27-17(14)13-7-5-4-6-8-13/h4-12,15H,3H2,1H3,(H3,21,24,25,26)/t15-/m0/s1. The first-order valence-corrected chi connectivity index (χ1v) is 8.85. The van der Waals surface area contributed by atoms with Crippen molar-refractivity contribution in [1.29, 1.82) is 0 Å². The van der Waals surface area contributed by atoms with Crippen LogP contribution in [0.5, 0.6) is 0 Å². The van der Waals surface area contributed by atoms with Crippen molar-refractivity contribution in [2.24, 2.45) is 0 Å². The Bertz CT molecular complexity index is 1160. The summed E-state index contributed by atoms with van der Waals surface area (Å²) in [4.78, 5) is 16.0. The van der Waals surface area contributed by atoms with Crippen LogP contribution in [0.25, 0.3) is 21.7 Å². The molecule has 0 amide bonds. The van der Waals surface area contributed by atoms with Crippen LogP contribution in [0.3, 0.4) is 0 Å². The number of hydrogen-bond acceptors (Lipinski definition) is 6. The minimum Gasteiger partial charge on any atom is -0.392 e. The molecular formula is C20H18N8. The third-order valence-corrected chi connectivity index (χ3v) is 4.52. The van der Waals surface area contributed by atoms with Crippen molar-refractivity contribution in [3.05, 3.63) is 72.1 Å². The normalized spacial score (nSPS) is 11.9. The number of hydrogen-bond donors (Lipinski definition) is 2. The van der Waals surface area contributed by atoms with E-state index >= 15 is 0 Å². The van der Waals surface area contributed by atoms with Gasteiger partial charge in [0, 0.05) is 23.5 Å². The Morgan fingerprint density at radius 1 is 1.21 bits per heavy atom. The van der Waals surface area contributed by atoms with Crippen LogP contribution in [0, 0.1) is 6.57 Å². The number of benzene rings is 1. The summed E-state index contributed by atoms with van der Waals surface area (Å²) in [6, 6.07) is 11.9. The van der Waals surface area contributed by atoms with Crippen molar-refractivity contribution in [3.8, 4) is 11.3 Å². The highest BCUT2D eigenvalue weighted by molar-refractivity contribution is 5.77. The van der Waals surface area contributed by atoms with Crippen LogP contribution < -0.4 is 11.1 Å². The van der Waals surface area contributed by atoms with Crippen molar-refractivity contribution in [2.45, 2.75) is 19.4 Å². The van der Waals surface area contributed by atoms with E-state index in [1.54, 1.807) is 10.7 Å². The zero-order valence-corrected chi connectivity index (χ0v) is 15.2. The lowest BCUT2D eigenvalue weighted by atomic mass is 9.98. The third-order valence-electron chi connectivity index (χ3n) is 4.52. The molecule has 0 aliphatic rings. The van der Waals surface area contributed by atoms with E-state index < -0.39 is 0 Å². The predicted molar refractivity (Wildman–Crippen MR) is 108 cm³/mol. The molecule has 3 heterocycles. The molecule has 1 atom stereocenters. The van der Waals surface area contributed by atoms with Crippen LogP contribution in [0.2, 0.25) is 0 Å². The van der Waals surface area contributed by atoms with Gasteiger partial charge in [-0.25, -0.2) is 24.3 Å². The van der Waals surface area contributed by atoms with Crippen molar-refractivity contribution in [1.82, 2.24) is 24.6 Å². The summed E-state index contributed by atoms with van der Waals surface area (Å²) >= 11 is 0. The highest BCUT2D eigenvalue weighted by atomic mass is 15.2. The largest absolute Gasteiger partial charge is 0.392 e. The summed E-state index contributed by atoms with van der Waals surface area (Å²) in [5, 5.41) is 8.12. The molecule has 0 saturated carbocycles. The molecule has 0 aliphatic heterocycles. The smallest absolute Gasteiger partial charge is 0.268 e. The molecule has 0 fully saturated rings. The van der Waals surface area contributed by atoms with Crippen molar-refractivity contribution in [2.75, 3.05) is 11.1 Å². The van der Waals surface area contributed by atoms with E-state index in [1.807, 2.05) is 42.6 Å². The lowest BCUT2D eigenvalue weighted by Gasteiger charge is -2.21. The molecule has 0 radical (unpaired) electrons. The molecule has 138 valence electrons. The summed E-state index contributed by atoms with van der Waals surface area (Å²) < 4.78 is 1.76. The number of nitrogens with one attached hydrogen (secondary N) is 1. The second kappa shape index (κ2) is 7.32. The first kappa shape index (κ1) is 17.4. The zero-order valence-electron chi connectivity index (χ0n) is 15.2. The Morgan fingerprint density at radius 3 is 2.79 bits per heavy atom. The summed E-state index contributed by atoms with van der Waals surface area (Å²) in [6.07, 6.45) is 5.65. The predicted octanol–water partition coefficient (Wildman–Crippen LogP) is 3.88. The van der Waals surface area contributed by atoms with E-state index in [1.165, 1.54) is 6.33 Å². The van der Waals surface area contributed by atoms with Gasteiger partial charge < -0.3 is 11.1 Å². The Labute approximate surface area is 161 Å². The molecule has 8 nitrogen and oxygen atoms in total. The maximum atomic E-state index is 7.39. The van der Waals surface area contributed by atoms with E-state index in [4.69, 9.17) is 17.4 Å². The number of anilines is 2. The molecule has 0 bridgehead atoms. The van der Waals surface area contributed by atoms with Crippen LogP contribution >= 0.6 is 0 Å².